The first-order valence-electron chi connectivity index (χ1n) is 21.4. The number of nitrogens with zero attached hydrogens (tertiary/aromatic N) is 5. The summed E-state index contributed by atoms with van der Waals surface area (Å²) >= 11 is 0. The van der Waals surface area contributed by atoms with Gasteiger partial charge in [0.1, 0.15) is 12.0 Å². The van der Waals surface area contributed by atoms with Crippen LogP contribution in [0.15, 0.2) is 241 Å². The van der Waals surface area contributed by atoms with E-state index in [1.54, 1.807) is 0 Å². The lowest BCUT2D eigenvalue weighted by atomic mass is 9.88. The van der Waals surface area contributed by atoms with Crippen LogP contribution >= 0.6 is 0 Å². The fraction of sp³-hybridized carbons (Fsp3) is 0.0172. The molecule has 6 nitrogen and oxygen atoms in total. The molecule has 0 aliphatic carbocycles. The molecule has 1 N–H and O–H groups in total. The molecule has 2 heterocycles. The number of rotatable bonds is 9. The average Bonchev–Trinajstić information content (AvgIpc) is 3.39. The second kappa shape index (κ2) is 17.0. The van der Waals surface area contributed by atoms with E-state index in [-0.39, 0.29) is 0 Å². The van der Waals surface area contributed by atoms with E-state index in [1.165, 1.54) is 0 Å². The van der Waals surface area contributed by atoms with Crippen LogP contribution in [0.3, 0.4) is 0 Å². The van der Waals surface area contributed by atoms with Gasteiger partial charge >= 0.3 is 0 Å². The van der Waals surface area contributed by atoms with Gasteiger partial charge in [0.2, 0.25) is 0 Å². The van der Waals surface area contributed by atoms with E-state index < -0.39 is 6.17 Å². The first-order chi connectivity index (χ1) is 31.7. The quantitative estimate of drug-likeness (QED) is 0.157. The van der Waals surface area contributed by atoms with Gasteiger partial charge in [-0.3, -0.25) is 0 Å². The normalized spacial score (nSPS) is 13.5. The Morgan fingerprint density at radius 3 is 1.47 bits per heavy atom. The predicted octanol–water partition coefficient (Wildman–Crippen LogP) is 13.5. The summed E-state index contributed by atoms with van der Waals surface area (Å²) in [5.74, 6) is 3.34. The largest absolute Gasteiger partial charge is 0.344 e. The molecule has 0 saturated heterocycles. The Kier molecular flexibility index (Phi) is 10.2. The monoisotopic (exact) mass is 820 g/mol. The minimum atomic E-state index is -0.402. The lowest BCUT2D eigenvalue weighted by molar-refractivity contribution is 0.680. The molecule has 0 radical (unpaired) electrons. The zero-order valence-electron chi connectivity index (χ0n) is 34.8. The average molecular weight is 821 g/mol. The summed E-state index contributed by atoms with van der Waals surface area (Å²) in [6, 6.07) is 79.7. The van der Waals surface area contributed by atoms with E-state index in [2.05, 4.69) is 139 Å². The number of benzene rings is 9. The predicted molar refractivity (Wildman–Crippen MR) is 262 cm³/mol. The van der Waals surface area contributed by atoms with Crippen LogP contribution in [0.2, 0.25) is 0 Å². The molecule has 0 saturated carbocycles. The molecular weight excluding hydrogens is 781 g/mol. The third-order valence-electron chi connectivity index (χ3n) is 11.6. The molecule has 1 atom stereocenters. The third-order valence-corrected chi connectivity index (χ3v) is 11.6. The van der Waals surface area contributed by atoms with Crippen molar-refractivity contribution in [1.82, 2.24) is 20.3 Å². The maximum absolute atomic E-state index is 5.31. The Hall–Kier alpha value is -8.61. The van der Waals surface area contributed by atoms with Crippen molar-refractivity contribution < 1.29 is 0 Å². The lowest BCUT2D eigenvalue weighted by Crippen LogP contribution is -2.33. The van der Waals surface area contributed by atoms with Crippen LogP contribution < -0.4 is 5.32 Å². The fourth-order valence-corrected chi connectivity index (χ4v) is 8.47. The molecule has 0 fully saturated rings. The molecule has 9 aromatic carbocycles. The minimum absolute atomic E-state index is 0.402. The number of hydrogen-bond donors (Lipinski definition) is 1. The summed E-state index contributed by atoms with van der Waals surface area (Å²) in [7, 11) is 0. The van der Waals surface area contributed by atoms with Crippen molar-refractivity contribution in [3.63, 3.8) is 0 Å². The van der Waals surface area contributed by atoms with Crippen LogP contribution in [0, 0.1) is 0 Å². The first-order valence-corrected chi connectivity index (χ1v) is 21.4. The highest BCUT2D eigenvalue weighted by Crippen LogP contribution is 2.41. The highest BCUT2D eigenvalue weighted by molar-refractivity contribution is 6.13. The molecule has 10 aromatic rings. The standard InChI is InChI=1S/C58H40N6/c1-6-20-39(21-7-1)51-37-45(47-31-18-19-33-50(47)57-61-53(40-22-8-2-9-23-40)59-54(62-57)41-24-10-3-11-25-41)34-35-49(51)46-36-44-30-16-17-32-48(44)52(38-46)58-63-55(42-26-12-4-13-27-42)60-56(64-58)43-28-14-5-15-29-43/h1-38,58H,(H,60,63,64). The van der Waals surface area contributed by atoms with Crippen LogP contribution in [0.4, 0.5) is 0 Å². The second-order valence-electron chi connectivity index (χ2n) is 15.7. The van der Waals surface area contributed by atoms with Crippen LogP contribution in [-0.4, -0.2) is 26.6 Å². The lowest BCUT2D eigenvalue weighted by Gasteiger charge is -2.25. The van der Waals surface area contributed by atoms with E-state index in [9.17, 15) is 0 Å². The third kappa shape index (κ3) is 7.65. The van der Waals surface area contributed by atoms with E-state index in [1.807, 2.05) is 97.1 Å². The summed E-state index contributed by atoms with van der Waals surface area (Å²) in [6.07, 6.45) is -0.402. The molecule has 1 aliphatic heterocycles. The summed E-state index contributed by atoms with van der Waals surface area (Å²) < 4.78 is 0. The number of nitrogens with one attached hydrogen (secondary N) is 1. The van der Waals surface area contributed by atoms with Crippen LogP contribution in [0.25, 0.3) is 78.3 Å². The van der Waals surface area contributed by atoms with Gasteiger partial charge < -0.3 is 5.32 Å². The molecule has 1 unspecified atom stereocenters. The van der Waals surface area contributed by atoms with Gasteiger partial charge in [0.05, 0.1) is 0 Å². The van der Waals surface area contributed by atoms with Crippen molar-refractivity contribution in [2.45, 2.75) is 6.17 Å². The van der Waals surface area contributed by atoms with Crippen molar-refractivity contribution in [2.24, 2.45) is 9.98 Å². The summed E-state index contributed by atoms with van der Waals surface area (Å²) in [4.78, 5) is 25.6. The fourth-order valence-electron chi connectivity index (χ4n) is 8.47. The van der Waals surface area contributed by atoms with Gasteiger partial charge in [-0.05, 0) is 62.4 Å². The molecule has 11 rings (SSSR count). The van der Waals surface area contributed by atoms with Crippen LogP contribution in [0.1, 0.15) is 22.9 Å². The SMILES string of the molecule is c1ccc(C2=NC(c3cc(-c4ccc(-c5ccccc5-c5nc(-c6ccccc6)nc(-c6ccccc6)n5)cc4-c4ccccc4)cc4ccccc34)NC(c3ccccc3)=N2)cc1. The Bertz CT molecular complexity index is 3280. The molecule has 1 aromatic heterocycles. The number of aromatic nitrogens is 3. The van der Waals surface area contributed by atoms with Gasteiger partial charge in [0, 0.05) is 33.4 Å². The van der Waals surface area contributed by atoms with Crippen molar-refractivity contribution in [3.8, 4) is 67.5 Å². The zero-order valence-corrected chi connectivity index (χ0v) is 34.8. The molecule has 1 aliphatic rings. The van der Waals surface area contributed by atoms with Gasteiger partial charge in [0.25, 0.3) is 0 Å². The summed E-state index contributed by atoms with van der Waals surface area (Å²) in [5.41, 5.74) is 12.3. The molecule has 6 heteroatoms. The topological polar surface area (TPSA) is 75.4 Å². The van der Waals surface area contributed by atoms with Gasteiger partial charge in [-0.1, -0.05) is 212 Å². The van der Waals surface area contributed by atoms with Gasteiger partial charge in [-0.2, -0.15) is 0 Å². The zero-order chi connectivity index (χ0) is 42.7. The Balaban J connectivity index is 1.06. The Morgan fingerprint density at radius 2 is 0.828 bits per heavy atom. The maximum Gasteiger partial charge on any atom is 0.164 e. The number of aliphatic imine (C=N–C) groups is 2. The van der Waals surface area contributed by atoms with Crippen molar-refractivity contribution in [2.75, 3.05) is 0 Å². The van der Waals surface area contributed by atoms with E-state index in [0.717, 1.165) is 83.4 Å². The highest BCUT2D eigenvalue weighted by Gasteiger charge is 2.24. The van der Waals surface area contributed by atoms with Crippen LogP contribution in [0.5, 0.6) is 0 Å². The van der Waals surface area contributed by atoms with Gasteiger partial charge in [0.15, 0.2) is 23.3 Å². The molecule has 0 amide bonds. The number of fused-ring (bicyclic) bond motifs is 1. The van der Waals surface area contributed by atoms with Crippen molar-refractivity contribution in [3.05, 3.63) is 247 Å². The van der Waals surface area contributed by atoms with Crippen molar-refractivity contribution >= 4 is 22.4 Å². The molecule has 0 spiro atoms. The highest BCUT2D eigenvalue weighted by atomic mass is 15.2. The van der Waals surface area contributed by atoms with Gasteiger partial charge in [-0.15, -0.1) is 0 Å². The van der Waals surface area contributed by atoms with Crippen LogP contribution in [-0.2, 0) is 0 Å². The summed E-state index contributed by atoms with van der Waals surface area (Å²) in [5, 5.41) is 5.99. The maximum atomic E-state index is 5.31. The second-order valence-corrected chi connectivity index (χ2v) is 15.7. The number of hydrogen-bond acceptors (Lipinski definition) is 6. The van der Waals surface area contributed by atoms with E-state index >= 15 is 0 Å². The molecule has 64 heavy (non-hydrogen) atoms. The first kappa shape index (κ1) is 38.3. The molecule has 302 valence electrons. The summed E-state index contributed by atoms with van der Waals surface area (Å²) in [6.45, 7) is 0. The van der Waals surface area contributed by atoms with Crippen molar-refractivity contribution in [1.29, 1.82) is 0 Å². The molecular formula is C58H40N6. The van der Waals surface area contributed by atoms with E-state index in [4.69, 9.17) is 24.9 Å². The minimum Gasteiger partial charge on any atom is -0.344 e. The van der Waals surface area contributed by atoms with Gasteiger partial charge in [-0.25, -0.2) is 24.9 Å². The smallest absolute Gasteiger partial charge is 0.164 e. The Morgan fingerprint density at radius 1 is 0.328 bits per heavy atom. The Labute approximate surface area is 372 Å². The molecule has 0 bridgehead atoms. The number of amidine groups is 2. The van der Waals surface area contributed by atoms with E-state index in [0.29, 0.717) is 23.3 Å².